The van der Waals surface area contributed by atoms with Crippen LogP contribution in [0, 0.1) is 0 Å². The van der Waals surface area contributed by atoms with Crippen molar-refractivity contribution in [3.05, 3.63) is 11.8 Å². The fraction of sp³-hybridized carbons (Fsp3) is 0.706. The molecule has 136 valence electrons. The molecule has 1 aromatic heterocycles. The molecule has 0 aliphatic carbocycles. The van der Waals surface area contributed by atoms with Crippen molar-refractivity contribution in [3.63, 3.8) is 0 Å². The normalized spacial score (nSPS) is 24.8. The number of likely N-dealkylation sites (N-methyl/N-ethyl adjacent to an activating group) is 1. The fourth-order valence-electron chi connectivity index (χ4n) is 3.58. The van der Waals surface area contributed by atoms with E-state index in [0.29, 0.717) is 32.2 Å². The lowest BCUT2D eigenvalue weighted by Gasteiger charge is -2.38. The Balaban J connectivity index is 1.60. The number of hydrogen-bond acceptors (Lipinski definition) is 7. The van der Waals surface area contributed by atoms with Crippen molar-refractivity contribution < 1.29 is 14.6 Å². The van der Waals surface area contributed by atoms with E-state index in [-0.39, 0.29) is 17.9 Å². The van der Waals surface area contributed by atoms with Crippen LogP contribution >= 0.6 is 0 Å². The van der Waals surface area contributed by atoms with Gasteiger partial charge in [-0.25, -0.2) is 4.98 Å². The first kappa shape index (κ1) is 16.5. The number of aliphatic hydroxyl groups is 1. The van der Waals surface area contributed by atoms with E-state index >= 15 is 0 Å². The van der Waals surface area contributed by atoms with Gasteiger partial charge in [-0.05, 0) is 13.3 Å². The third-order valence-corrected chi connectivity index (χ3v) is 5.24. The van der Waals surface area contributed by atoms with Crippen molar-refractivity contribution in [2.24, 2.45) is 0 Å². The topological polar surface area (TPSA) is 82.0 Å². The molecule has 4 heterocycles. The van der Waals surface area contributed by atoms with Gasteiger partial charge < -0.3 is 24.5 Å². The summed E-state index contributed by atoms with van der Waals surface area (Å²) in [5.41, 5.74) is 0.976. The lowest BCUT2D eigenvalue weighted by atomic mass is 10.0. The van der Waals surface area contributed by atoms with E-state index in [1.165, 1.54) is 0 Å². The molecule has 8 heteroatoms. The number of aromatic nitrogens is 2. The smallest absolute Gasteiger partial charge is 0.242 e. The SMILES string of the molecule is CCN1CCN(c2cc(C3CCOC3)nc(N3CC(O)C3)n2)CC1=O. The predicted octanol–water partition coefficient (Wildman–Crippen LogP) is -0.170. The minimum atomic E-state index is -0.305. The number of nitrogens with zero attached hydrogens (tertiary/aromatic N) is 5. The quantitative estimate of drug-likeness (QED) is 0.810. The third-order valence-electron chi connectivity index (χ3n) is 5.24. The number of aliphatic hydroxyl groups excluding tert-OH is 1. The summed E-state index contributed by atoms with van der Waals surface area (Å²) in [6, 6.07) is 2.01. The Morgan fingerprint density at radius 1 is 1.28 bits per heavy atom. The summed E-state index contributed by atoms with van der Waals surface area (Å²) in [5, 5.41) is 9.59. The summed E-state index contributed by atoms with van der Waals surface area (Å²) < 4.78 is 5.51. The Morgan fingerprint density at radius 2 is 2.12 bits per heavy atom. The molecule has 0 saturated carbocycles. The second-order valence-electron chi connectivity index (χ2n) is 6.97. The number of β-amino-alcohol motifs (C(OH)–C–C–N with tert-alkyl or cyclic N) is 1. The number of carbonyl (C=O) groups excluding carboxylic acids is 1. The maximum atomic E-state index is 12.3. The molecule has 8 nitrogen and oxygen atoms in total. The van der Waals surface area contributed by atoms with Gasteiger partial charge in [0.25, 0.3) is 0 Å². The average molecular weight is 347 g/mol. The summed E-state index contributed by atoms with van der Waals surface area (Å²) in [7, 11) is 0. The van der Waals surface area contributed by atoms with Gasteiger partial charge in [-0.1, -0.05) is 0 Å². The molecule has 3 fully saturated rings. The summed E-state index contributed by atoms with van der Waals surface area (Å²) in [6.07, 6.45) is 0.654. The highest BCUT2D eigenvalue weighted by atomic mass is 16.5. The molecule has 1 atom stereocenters. The molecule has 3 aliphatic rings. The van der Waals surface area contributed by atoms with Crippen LogP contribution in [0.4, 0.5) is 11.8 Å². The molecule has 1 unspecified atom stereocenters. The number of piperazine rings is 1. The van der Waals surface area contributed by atoms with Gasteiger partial charge in [0.05, 0.1) is 24.9 Å². The van der Waals surface area contributed by atoms with Crippen LogP contribution in [0.25, 0.3) is 0 Å². The van der Waals surface area contributed by atoms with Crippen molar-refractivity contribution >= 4 is 17.7 Å². The number of ether oxygens (including phenoxy) is 1. The van der Waals surface area contributed by atoms with Crippen molar-refractivity contribution in [1.82, 2.24) is 14.9 Å². The molecule has 1 N–H and O–H groups in total. The van der Waals surface area contributed by atoms with Crippen LogP contribution in [-0.2, 0) is 9.53 Å². The van der Waals surface area contributed by atoms with Crippen LogP contribution in [0.1, 0.15) is 25.0 Å². The van der Waals surface area contributed by atoms with Crippen LogP contribution in [-0.4, -0.2) is 84.5 Å². The summed E-state index contributed by atoms with van der Waals surface area (Å²) >= 11 is 0. The lowest BCUT2D eigenvalue weighted by Crippen LogP contribution is -2.52. The summed E-state index contributed by atoms with van der Waals surface area (Å²) in [5.74, 6) is 1.87. The van der Waals surface area contributed by atoms with E-state index in [0.717, 1.165) is 44.2 Å². The second-order valence-corrected chi connectivity index (χ2v) is 6.97. The van der Waals surface area contributed by atoms with E-state index < -0.39 is 0 Å². The summed E-state index contributed by atoms with van der Waals surface area (Å²) in [4.78, 5) is 27.6. The average Bonchev–Trinajstić information content (AvgIpc) is 3.13. The van der Waals surface area contributed by atoms with Crippen molar-refractivity contribution in [2.75, 3.05) is 62.3 Å². The Morgan fingerprint density at radius 3 is 2.76 bits per heavy atom. The fourth-order valence-corrected chi connectivity index (χ4v) is 3.58. The molecule has 0 spiro atoms. The first-order valence-corrected chi connectivity index (χ1v) is 9.06. The van der Waals surface area contributed by atoms with Gasteiger partial charge >= 0.3 is 0 Å². The van der Waals surface area contributed by atoms with Gasteiger partial charge in [-0.2, -0.15) is 4.98 Å². The van der Waals surface area contributed by atoms with Gasteiger partial charge in [0, 0.05) is 51.3 Å². The van der Waals surface area contributed by atoms with Gasteiger partial charge in [0.2, 0.25) is 11.9 Å². The Hall–Kier alpha value is -1.93. The minimum absolute atomic E-state index is 0.138. The van der Waals surface area contributed by atoms with Crippen molar-refractivity contribution in [3.8, 4) is 0 Å². The monoisotopic (exact) mass is 347 g/mol. The molecule has 25 heavy (non-hydrogen) atoms. The molecule has 0 bridgehead atoms. The Kier molecular flexibility index (Phi) is 4.47. The van der Waals surface area contributed by atoms with Crippen LogP contribution in [0.3, 0.4) is 0 Å². The predicted molar refractivity (Wildman–Crippen MR) is 92.9 cm³/mol. The molecule has 1 amide bonds. The number of rotatable bonds is 4. The zero-order valence-electron chi connectivity index (χ0n) is 14.6. The Bertz CT molecular complexity index is 643. The maximum Gasteiger partial charge on any atom is 0.242 e. The van der Waals surface area contributed by atoms with Gasteiger partial charge in [-0.3, -0.25) is 4.79 Å². The van der Waals surface area contributed by atoms with Gasteiger partial charge in [-0.15, -0.1) is 0 Å². The van der Waals surface area contributed by atoms with Crippen LogP contribution < -0.4 is 9.80 Å². The highest BCUT2D eigenvalue weighted by Crippen LogP contribution is 2.29. The molecule has 3 saturated heterocycles. The van der Waals surface area contributed by atoms with Crippen molar-refractivity contribution in [2.45, 2.75) is 25.4 Å². The molecule has 0 aromatic carbocycles. The largest absolute Gasteiger partial charge is 0.389 e. The van der Waals surface area contributed by atoms with E-state index in [1.54, 1.807) is 0 Å². The standard InChI is InChI=1S/C17H25N5O3/c1-2-20-4-5-21(10-16(20)24)15-7-14(12-3-6-25-11-12)18-17(19-15)22-8-13(23)9-22/h7,12-13,23H,2-6,8-11H2,1H3. The number of amides is 1. The van der Waals surface area contributed by atoms with Crippen LogP contribution in [0.2, 0.25) is 0 Å². The minimum Gasteiger partial charge on any atom is -0.389 e. The third kappa shape index (κ3) is 3.28. The molecule has 0 radical (unpaired) electrons. The lowest BCUT2D eigenvalue weighted by molar-refractivity contribution is -0.130. The first-order valence-electron chi connectivity index (χ1n) is 9.06. The Labute approximate surface area is 147 Å². The van der Waals surface area contributed by atoms with E-state index in [9.17, 15) is 9.90 Å². The highest BCUT2D eigenvalue weighted by molar-refractivity contribution is 5.82. The number of carbonyl (C=O) groups is 1. The van der Waals surface area contributed by atoms with Crippen LogP contribution in [0.15, 0.2) is 6.07 Å². The molecular weight excluding hydrogens is 322 g/mol. The van der Waals surface area contributed by atoms with Crippen LogP contribution in [0.5, 0.6) is 0 Å². The second kappa shape index (κ2) is 6.76. The van der Waals surface area contributed by atoms with E-state index in [2.05, 4.69) is 4.98 Å². The number of hydrogen-bond donors (Lipinski definition) is 1. The first-order chi connectivity index (χ1) is 12.1. The molecular formula is C17H25N5O3. The number of anilines is 2. The highest BCUT2D eigenvalue weighted by Gasteiger charge is 2.31. The maximum absolute atomic E-state index is 12.3. The summed E-state index contributed by atoms with van der Waals surface area (Å²) in [6.45, 7) is 7.17. The molecule has 1 aromatic rings. The molecule has 3 aliphatic heterocycles. The van der Waals surface area contributed by atoms with Crippen molar-refractivity contribution in [1.29, 1.82) is 0 Å². The zero-order chi connectivity index (χ0) is 17.4. The molecule has 4 rings (SSSR count). The van der Waals surface area contributed by atoms with Gasteiger partial charge in [0.15, 0.2) is 0 Å². The zero-order valence-corrected chi connectivity index (χ0v) is 14.6. The van der Waals surface area contributed by atoms with E-state index in [4.69, 9.17) is 9.72 Å². The van der Waals surface area contributed by atoms with Gasteiger partial charge in [0.1, 0.15) is 5.82 Å². The van der Waals surface area contributed by atoms with E-state index in [1.807, 2.05) is 27.7 Å².